The molecule has 0 radical (unpaired) electrons. The van der Waals surface area contributed by atoms with E-state index >= 15 is 0 Å². The van der Waals surface area contributed by atoms with Gasteiger partial charge >= 0.3 is 0 Å². The van der Waals surface area contributed by atoms with Crippen molar-refractivity contribution in [3.63, 3.8) is 0 Å². The smallest absolute Gasteiger partial charge is 0.232 e. The van der Waals surface area contributed by atoms with Gasteiger partial charge in [0.2, 0.25) is 5.91 Å². The van der Waals surface area contributed by atoms with Crippen LogP contribution in [0, 0.1) is 0 Å². The summed E-state index contributed by atoms with van der Waals surface area (Å²) in [5, 5.41) is 6.61. The first-order chi connectivity index (χ1) is 10.2. The van der Waals surface area contributed by atoms with Crippen LogP contribution in [-0.4, -0.2) is 40.4 Å². The number of carbonyl (C=O) groups excluding carboxylic acids is 1. The number of benzene rings is 1. The normalized spacial score (nSPS) is 10.4. The lowest BCUT2D eigenvalue weighted by atomic mass is 10.3. The van der Waals surface area contributed by atoms with Crippen LogP contribution in [0.4, 0.5) is 0 Å². The summed E-state index contributed by atoms with van der Waals surface area (Å²) in [6.45, 7) is 3.18. The molecule has 21 heavy (non-hydrogen) atoms. The molecule has 0 saturated carbocycles. The van der Waals surface area contributed by atoms with E-state index in [0.29, 0.717) is 18.9 Å². The highest BCUT2D eigenvalue weighted by Gasteiger charge is 2.10. The van der Waals surface area contributed by atoms with E-state index in [0.717, 1.165) is 16.2 Å². The van der Waals surface area contributed by atoms with Gasteiger partial charge in [0.15, 0.2) is 0 Å². The van der Waals surface area contributed by atoms with E-state index in [1.165, 1.54) is 11.8 Å². The van der Waals surface area contributed by atoms with Gasteiger partial charge in [0.25, 0.3) is 0 Å². The minimum atomic E-state index is 0.0927. The Morgan fingerprint density at radius 3 is 2.76 bits per heavy atom. The Hall–Kier alpha value is -1.95. The summed E-state index contributed by atoms with van der Waals surface area (Å²) in [4.78, 5) is 14.8. The molecule has 2 aromatic rings. The molecule has 5 nitrogen and oxygen atoms in total. The lowest BCUT2D eigenvalue weighted by molar-refractivity contribution is -0.127. The second-order valence-electron chi connectivity index (χ2n) is 4.55. The molecule has 0 aliphatic carbocycles. The van der Waals surface area contributed by atoms with Crippen LogP contribution in [0.25, 0.3) is 0 Å². The van der Waals surface area contributed by atoms with E-state index in [2.05, 4.69) is 10.2 Å². The van der Waals surface area contributed by atoms with Crippen molar-refractivity contribution in [1.82, 2.24) is 15.1 Å². The van der Waals surface area contributed by atoms with Crippen LogP contribution in [0.2, 0.25) is 0 Å². The Morgan fingerprint density at radius 1 is 1.38 bits per heavy atom. The molecule has 6 heteroatoms. The lowest BCUT2D eigenvalue weighted by Crippen LogP contribution is -2.27. The quantitative estimate of drug-likeness (QED) is 0.799. The summed E-state index contributed by atoms with van der Waals surface area (Å²) in [5.74, 6) is 1.36. The molecular formula is C15H19N3O2S. The van der Waals surface area contributed by atoms with Gasteiger partial charge in [-0.1, -0.05) is 0 Å². The van der Waals surface area contributed by atoms with Gasteiger partial charge in [0, 0.05) is 30.2 Å². The van der Waals surface area contributed by atoms with Crippen molar-refractivity contribution in [3.05, 3.63) is 42.2 Å². The maximum Gasteiger partial charge on any atom is 0.232 e. The topological polar surface area (TPSA) is 58.2 Å². The van der Waals surface area contributed by atoms with Crippen molar-refractivity contribution in [2.24, 2.45) is 0 Å². The third-order valence-corrected chi connectivity index (χ3v) is 3.89. The van der Waals surface area contributed by atoms with Crippen molar-refractivity contribution in [2.45, 2.75) is 18.4 Å². The first-order valence-corrected chi connectivity index (χ1v) is 7.75. The van der Waals surface area contributed by atoms with E-state index in [-0.39, 0.29) is 5.91 Å². The van der Waals surface area contributed by atoms with Gasteiger partial charge in [-0.15, -0.1) is 11.8 Å². The third kappa shape index (κ3) is 4.82. The van der Waals surface area contributed by atoms with Crippen LogP contribution in [0.15, 0.2) is 41.6 Å². The van der Waals surface area contributed by atoms with E-state index < -0.39 is 0 Å². The summed E-state index contributed by atoms with van der Waals surface area (Å²) < 4.78 is 5.39. The van der Waals surface area contributed by atoms with Gasteiger partial charge in [0.05, 0.1) is 18.6 Å². The standard InChI is InChI=1S/C15H19N3O2S/c1-3-20-13-4-6-14(7-5-13)21-11-15(19)18(2)10-12-8-16-17-9-12/h4-9H,3,10-11H2,1-2H3,(H,16,17). The molecule has 1 N–H and O–H groups in total. The predicted molar refractivity (Wildman–Crippen MR) is 83.4 cm³/mol. The molecule has 0 atom stereocenters. The Morgan fingerprint density at radius 2 is 2.14 bits per heavy atom. The van der Waals surface area contributed by atoms with E-state index in [1.807, 2.05) is 31.2 Å². The highest BCUT2D eigenvalue weighted by atomic mass is 32.2. The Kier molecular flexibility index (Phi) is 5.68. The average Bonchev–Trinajstić information content (AvgIpc) is 2.99. The number of aromatic nitrogens is 2. The molecule has 0 spiro atoms. The molecule has 112 valence electrons. The lowest BCUT2D eigenvalue weighted by Gasteiger charge is -2.15. The molecule has 0 unspecified atom stereocenters. The van der Waals surface area contributed by atoms with Gasteiger partial charge in [0.1, 0.15) is 5.75 Å². The SMILES string of the molecule is CCOc1ccc(SCC(=O)N(C)Cc2cn[nH]c2)cc1. The van der Waals surface area contributed by atoms with Crippen molar-refractivity contribution in [3.8, 4) is 5.75 Å². The zero-order valence-corrected chi connectivity index (χ0v) is 13.0. The van der Waals surface area contributed by atoms with E-state index in [9.17, 15) is 4.79 Å². The summed E-state index contributed by atoms with van der Waals surface area (Å²) in [5.41, 5.74) is 0.997. The van der Waals surface area contributed by atoms with E-state index in [1.54, 1.807) is 24.3 Å². The molecule has 2 rings (SSSR count). The number of nitrogens with one attached hydrogen (secondary N) is 1. The van der Waals surface area contributed by atoms with Crippen LogP contribution >= 0.6 is 11.8 Å². The zero-order chi connectivity index (χ0) is 15.1. The van der Waals surface area contributed by atoms with Crippen molar-refractivity contribution in [2.75, 3.05) is 19.4 Å². The fraction of sp³-hybridized carbons (Fsp3) is 0.333. The van der Waals surface area contributed by atoms with Crippen LogP contribution < -0.4 is 4.74 Å². The maximum atomic E-state index is 12.1. The minimum Gasteiger partial charge on any atom is -0.494 e. The molecule has 1 aromatic heterocycles. The van der Waals surface area contributed by atoms with Crippen LogP contribution in [0.5, 0.6) is 5.75 Å². The van der Waals surface area contributed by atoms with Crippen molar-refractivity contribution < 1.29 is 9.53 Å². The number of hydrogen-bond donors (Lipinski definition) is 1. The monoisotopic (exact) mass is 305 g/mol. The van der Waals surface area contributed by atoms with Gasteiger partial charge in [-0.25, -0.2) is 0 Å². The number of rotatable bonds is 7. The van der Waals surface area contributed by atoms with Crippen LogP contribution in [0.3, 0.4) is 0 Å². The van der Waals surface area contributed by atoms with Crippen molar-refractivity contribution >= 4 is 17.7 Å². The second kappa shape index (κ2) is 7.73. The number of H-pyrrole nitrogens is 1. The first-order valence-electron chi connectivity index (χ1n) is 6.76. The number of amides is 1. The maximum absolute atomic E-state index is 12.1. The summed E-state index contributed by atoms with van der Waals surface area (Å²) in [6, 6.07) is 7.79. The van der Waals surface area contributed by atoms with Crippen LogP contribution in [0.1, 0.15) is 12.5 Å². The predicted octanol–water partition coefficient (Wildman–Crippen LogP) is 2.56. The van der Waals surface area contributed by atoms with Crippen LogP contribution in [-0.2, 0) is 11.3 Å². The molecule has 0 fully saturated rings. The molecule has 0 aliphatic rings. The Labute approximate surface area is 128 Å². The first kappa shape index (κ1) is 15.4. The zero-order valence-electron chi connectivity index (χ0n) is 12.2. The number of nitrogens with zero attached hydrogens (tertiary/aromatic N) is 2. The average molecular weight is 305 g/mol. The third-order valence-electron chi connectivity index (χ3n) is 2.90. The minimum absolute atomic E-state index is 0.0927. The highest BCUT2D eigenvalue weighted by Crippen LogP contribution is 2.21. The molecule has 1 aromatic carbocycles. The fourth-order valence-corrected chi connectivity index (χ4v) is 2.62. The number of ether oxygens (including phenoxy) is 1. The number of aromatic amines is 1. The molecule has 1 heterocycles. The van der Waals surface area contributed by atoms with Gasteiger partial charge in [-0.3, -0.25) is 9.89 Å². The molecular weight excluding hydrogens is 286 g/mol. The molecule has 0 saturated heterocycles. The summed E-state index contributed by atoms with van der Waals surface area (Å²) in [7, 11) is 1.80. The van der Waals surface area contributed by atoms with Crippen molar-refractivity contribution in [1.29, 1.82) is 0 Å². The Bertz CT molecular complexity index is 555. The Balaban J connectivity index is 1.80. The number of hydrogen-bond acceptors (Lipinski definition) is 4. The molecule has 0 aliphatic heterocycles. The second-order valence-corrected chi connectivity index (χ2v) is 5.60. The number of thioether (sulfide) groups is 1. The highest BCUT2D eigenvalue weighted by molar-refractivity contribution is 8.00. The van der Waals surface area contributed by atoms with Gasteiger partial charge in [-0.05, 0) is 31.2 Å². The van der Waals surface area contributed by atoms with Gasteiger partial charge in [-0.2, -0.15) is 5.10 Å². The summed E-state index contributed by atoms with van der Waals surface area (Å²) >= 11 is 1.53. The fourth-order valence-electron chi connectivity index (χ4n) is 1.78. The largest absolute Gasteiger partial charge is 0.494 e. The van der Waals surface area contributed by atoms with E-state index in [4.69, 9.17) is 4.74 Å². The summed E-state index contributed by atoms with van der Waals surface area (Å²) in [6.07, 6.45) is 3.52. The molecule has 1 amide bonds. The number of carbonyl (C=O) groups is 1. The van der Waals surface area contributed by atoms with Gasteiger partial charge < -0.3 is 9.64 Å². The molecule has 0 bridgehead atoms.